The Kier molecular flexibility index (Phi) is 7.22. The number of carbonyl (C=O) groups excluding carboxylic acids is 2. The van der Waals surface area contributed by atoms with Crippen molar-refractivity contribution in [2.45, 2.75) is 51.9 Å². The average molecular weight is 334 g/mol. The van der Waals surface area contributed by atoms with Crippen LogP contribution >= 0.6 is 0 Å². The summed E-state index contributed by atoms with van der Waals surface area (Å²) in [6.07, 6.45) is 6.25. The lowest BCUT2D eigenvalue weighted by Gasteiger charge is -2.27. The summed E-state index contributed by atoms with van der Waals surface area (Å²) >= 11 is 0. The molecule has 1 aliphatic carbocycles. The minimum Gasteiger partial charge on any atom is -0.356 e. The molecule has 5 heteroatoms. The fraction of sp³-hybridized carbons (Fsp3) is 0.579. The lowest BCUT2D eigenvalue weighted by Crippen LogP contribution is -2.35. The molecule has 0 aromatic heterocycles. The largest absolute Gasteiger partial charge is 0.356 e. The quantitative estimate of drug-likeness (QED) is 0.744. The van der Waals surface area contributed by atoms with E-state index in [1.807, 2.05) is 0 Å². The molecular formula is C19H27FN2O2. The average Bonchev–Trinajstić information content (AvgIpc) is 2.60. The van der Waals surface area contributed by atoms with Crippen LogP contribution in [0.5, 0.6) is 0 Å². The Labute approximate surface area is 143 Å². The summed E-state index contributed by atoms with van der Waals surface area (Å²) in [5, 5.41) is 5.83. The molecule has 0 heterocycles. The van der Waals surface area contributed by atoms with E-state index in [9.17, 15) is 14.0 Å². The van der Waals surface area contributed by atoms with Gasteiger partial charge >= 0.3 is 0 Å². The zero-order valence-electron chi connectivity index (χ0n) is 14.3. The van der Waals surface area contributed by atoms with E-state index in [1.54, 1.807) is 12.1 Å². The van der Waals surface area contributed by atoms with Crippen molar-refractivity contribution in [3.05, 3.63) is 30.1 Å². The second kappa shape index (κ2) is 9.40. The summed E-state index contributed by atoms with van der Waals surface area (Å²) in [6.45, 7) is 2.89. The molecule has 0 aliphatic heterocycles. The lowest BCUT2D eigenvalue weighted by molar-refractivity contribution is -0.128. The molecule has 0 spiro atoms. The first kappa shape index (κ1) is 18.4. The van der Waals surface area contributed by atoms with Gasteiger partial charge in [0, 0.05) is 24.1 Å². The van der Waals surface area contributed by atoms with E-state index < -0.39 is 0 Å². The highest BCUT2D eigenvalue weighted by Crippen LogP contribution is 2.29. The second-order valence-electron chi connectivity index (χ2n) is 6.54. The normalized spacial score (nSPS) is 20.4. The number of carbonyl (C=O) groups is 2. The molecule has 2 rings (SSSR count). The van der Waals surface area contributed by atoms with Crippen molar-refractivity contribution in [1.82, 2.24) is 5.32 Å². The summed E-state index contributed by atoms with van der Waals surface area (Å²) < 4.78 is 12.9. The molecule has 2 amide bonds. The van der Waals surface area contributed by atoms with Crippen molar-refractivity contribution in [2.24, 2.45) is 11.8 Å². The van der Waals surface area contributed by atoms with Crippen LogP contribution in [0.1, 0.15) is 51.9 Å². The van der Waals surface area contributed by atoms with Gasteiger partial charge in [0.25, 0.3) is 0 Å². The molecule has 1 saturated carbocycles. The molecule has 24 heavy (non-hydrogen) atoms. The molecule has 1 aromatic rings. The van der Waals surface area contributed by atoms with E-state index in [0.29, 0.717) is 5.69 Å². The third kappa shape index (κ3) is 5.62. The number of nitrogens with one attached hydrogen (secondary N) is 2. The molecule has 2 N–H and O–H groups in total. The molecule has 0 unspecified atom stereocenters. The Morgan fingerprint density at radius 2 is 1.58 bits per heavy atom. The third-order valence-corrected chi connectivity index (χ3v) is 4.66. The lowest BCUT2D eigenvalue weighted by atomic mass is 9.81. The van der Waals surface area contributed by atoms with Crippen molar-refractivity contribution in [1.29, 1.82) is 0 Å². The number of anilines is 1. The van der Waals surface area contributed by atoms with Gasteiger partial charge in [-0.3, -0.25) is 9.59 Å². The molecule has 0 bridgehead atoms. The number of hydrogen-bond acceptors (Lipinski definition) is 2. The van der Waals surface area contributed by atoms with Gasteiger partial charge in [0.1, 0.15) is 5.82 Å². The Bertz CT molecular complexity index is 537. The summed E-state index contributed by atoms with van der Waals surface area (Å²) in [6, 6.07) is 5.77. The number of halogens is 1. The molecule has 0 saturated heterocycles. The number of rotatable bonds is 7. The standard InChI is InChI=1S/C19H27FN2O2/c1-2-3-4-13-21-18(23)14-5-7-15(8-6-14)19(24)22-17-11-9-16(20)10-12-17/h9-12,14-15H,2-8,13H2,1H3,(H,21,23)(H,22,24). The predicted octanol–water partition coefficient (Wildman–Crippen LogP) is 3.88. The topological polar surface area (TPSA) is 58.2 Å². The van der Waals surface area contributed by atoms with Gasteiger partial charge in [-0.1, -0.05) is 19.8 Å². The first-order valence-corrected chi connectivity index (χ1v) is 8.94. The summed E-state index contributed by atoms with van der Waals surface area (Å²) in [5.74, 6) is -0.272. The van der Waals surface area contributed by atoms with Crippen molar-refractivity contribution >= 4 is 17.5 Å². The van der Waals surface area contributed by atoms with Crippen LogP contribution in [0, 0.1) is 17.7 Å². The molecule has 1 fully saturated rings. The molecule has 132 valence electrons. The highest BCUT2D eigenvalue weighted by Gasteiger charge is 2.29. The van der Waals surface area contributed by atoms with Crippen LogP contribution in [0.4, 0.5) is 10.1 Å². The summed E-state index contributed by atoms with van der Waals surface area (Å²) in [4.78, 5) is 24.4. The van der Waals surface area contributed by atoms with Gasteiger partial charge in [-0.25, -0.2) is 4.39 Å². The van der Waals surface area contributed by atoms with Gasteiger partial charge in [0.15, 0.2) is 0 Å². The van der Waals surface area contributed by atoms with Crippen LogP contribution in [-0.2, 0) is 9.59 Å². The first-order chi connectivity index (χ1) is 11.6. The Morgan fingerprint density at radius 3 is 2.17 bits per heavy atom. The van der Waals surface area contributed by atoms with Crippen molar-refractivity contribution in [3.8, 4) is 0 Å². The third-order valence-electron chi connectivity index (χ3n) is 4.66. The van der Waals surface area contributed by atoms with Gasteiger partial charge in [-0.05, 0) is 56.4 Å². The van der Waals surface area contributed by atoms with Gasteiger partial charge in [0.05, 0.1) is 0 Å². The fourth-order valence-corrected chi connectivity index (χ4v) is 3.13. The Balaban J connectivity index is 1.72. The van der Waals surface area contributed by atoms with Crippen LogP contribution in [0.15, 0.2) is 24.3 Å². The zero-order chi connectivity index (χ0) is 17.4. The summed E-state index contributed by atoms with van der Waals surface area (Å²) in [5.41, 5.74) is 0.609. The molecular weight excluding hydrogens is 307 g/mol. The zero-order valence-corrected chi connectivity index (χ0v) is 14.3. The van der Waals surface area contributed by atoms with Crippen molar-refractivity contribution in [3.63, 3.8) is 0 Å². The number of benzene rings is 1. The molecule has 0 atom stereocenters. The first-order valence-electron chi connectivity index (χ1n) is 8.94. The van der Waals surface area contributed by atoms with E-state index in [1.165, 1.54) is 12.1 Å². The number of unbranched alkanes of at least 4 members (excludes halogenated alkanes) is 2. The molecule has 4 nitrogen and oxygen atoms in total. The van der Waals surface area contributed by atoms with Crippen LogP contribution in [0.25, 0.3) is 0 Å². The molecule has 1 aliphatic rings. The van der Waals surface area contributed by atoms with E-state index in [2.05, 4.69) is 17.6 Å². The highest BCUT2D eigenvalue weighted by molar-refractivity contribution is 5.92. The molecule has 1 aromatic carbocycles. The van der Waals surface area contributed by atoms with E-state index in [4.69, 9.17) is 0 Å². The SMILES string of the molecule is CCCCCNC(=O)C1CCC(C(=O)Nc2ccc(F)cc2)CC1. The summed E-state index contributed by atoms with van der Waals surface area (Å²) in [7, 11) is 0. The predicted molar refractivity (Wildman–Crippen MR) is 93.0 cm³/mol. The Morgan fingerprint density at radius 1 is 1.00 bits per heavy atom. The van der Waals surface area contributed by atoms with Gasteiger partial charge in [-0.15, -0.1) is 0 Å². The van der Waals surface area contributed by atoms with E-state index in [0.717, 1.165) is 51.5 Å². The monoisotopic (exact) mass is 334 g/mol. The fourth-order valence-electron chi connectivity index (χ4n) is 3.13. The van der Waals surface area contributed by atoms with Crippen LogP contribution in [0.2, 0.25) is 0 Å². The highest BCUT2D eigenvalue weighted by atomic mass is 19.1. The minimum absolute atomic E-state index is 0.0292. The van der Waals surface area contributed by atoms with Crippen LogP contribution in [-0.4, -0.2) is 18.4 Å². The molecule has 0 radical (unpaired) electrons. The maximum absolute atomic E-state index is 12.9. The smallest absolute Gasteiger partial charge is 0.227 e. The van der Waals surface area contributed by atoms with Crippen LogP contribution in [0.3, 0.4) is 0 Å². The Hall–Kier alpha value is -1.91. The van der Waals surface area contributed by atoms with E-state index >= 15 is 0 Å². The maximum Gasteiger partial charge on any atom is 0.227 e. The maximum atomic E-state index is 12.9. The number of hydrogen-bond donors (Lipinski definition) is 2. The van der Waals surface area contributed by atoms with Crippen molar-refractivity contribution < 1.29 is 14.0 Å². The minimum atomic E-state index is -0.321. The van der Waals surface area contributed by atoms with Gasteiger partial charge < -0.3 is 10.6 Å². The van der Waals surface area contributed by atoms with Crippen molar-refractivity contribution in [2.75, 3.05) is 11.9 Å². The van der Waals surface area contributed by atoms with Crippen LogP contribution < -0.4 is 10.6 Å². The van der Waals surface area contributed by atoms with Gasteiger partial charge in [-0.2, -0.15) is 0 Å². The van der Waals surface area contributed by atoms with Gasteiger partial charge in [0.2, 0.25) is 11.8 Å². The second-order valence-corrected chi connectivity index (χ2v) is 6.54. The van der Waals surface area contributed by atoms with E-state index in [-0.39, 0.29) is 29.5 Å². The number of amides is 2.